The van der Waals surface area contributed by atoms with Crippen LogP contribution >= 0.6 is 11.6 Å². The lowest BCUT2D eigenvalue weighted by Crippen LogP contribution is -1.91. The van der Waals surface area contributed by atoms with E-state index in [1.54, 1.807) is 28.8 Å². The average Bonchev–Trinajstić information content (AvgIpc) is 2.80. The van der Waals surface area contributed by atoms with Gasteiger partial charge >= 0.3 is 0 Å². The first-order chi connectivity index (χ1) is 9.20. The molecule has 0 radical (unpaired) electrons. The predicted octanol–water partition coefficient (Wildman–Crippen LogP) is 3.61. The second-order valence-corrected chi connectivity index (χ2v) is 4.45. The molecule has 0 spiro atoms. The average molecular weight is 275 g/mol. The van der Waals surface area contributed by atoms with Crippen LogP contribution in [0.25, 0.3) is 16.9 Å². The summed E-state index contributed by atoms with van der Waals surface area (Å²) in [5.74, 6) is -0.0738. The number of imidazole rings is 1. The van der Waals surface area contributed by atoms with Crippen molar-refractivity contribution in [1.29, 1.82) is 0 Å². The molecule has 19 heavy (non-hydrogen) atoms. The summed E-state index contributed by atoms with van der Waals surface area (Å²) < 4.78 is 15.6. The smallest absolute Gasteiger partial charge is 0.170 e. The van der Waals surface area contributed by atoms with Crippen molar-refractivity contribution in [2.75, 3.05) is 0 Å². The molecule has 1 aromatic carbocycles. The van der Waals surface area contributed by atoms with E-state index in [0.717, 1.165) is 0 Å². The zero-order chi connectivity index (χ0) is 13.4. The van der Waals surface area contributed by atoms with Crippen molar-refractivity contribution in [2.24, 2.45) is 0 Å². The van der Waals surface area contributed by atoms with Crippen molar-refractivity contribution in [3.63, 3.8) is 0 Å². The van der Waals surface area contributed by atoms with Gasteiger partial charge < -0.3 is 0 Å². The number of rotatable bonds is 2. The van der Waals surface area contributed by atoms with Crippen LogP contribution in [0, 0.1) is 5.82 Å². The highest BCUT2D eigenvalue weighted by atomic mass is 35.5. The summed E-state index contributed by atoms with van der Waals surface area (Å²) >= 11 is 5.89. The number of hydrogen-bond donors (Lipinski definition) is 0. The van der Waals surface area contributed by atoms with Gasteiger partial charge in [0.25, 0.3) is 0 Å². The van der Waals surface area contributed by atoms with E-state index in [-0.39, 0.29) is 11.3 Å². The van der Waals surface area contributed by atoms with Gasteiger partial charge in [-0.2, -0.15) is 0 Å². The Morgan fingerprint density at radius 1 is 1.26 bits per heavy atom. The molecule has 0 atom stereocenters. The summed E-state index contributed by atoms with van der Waals surface area (Å²) in [6.45, 7) is 0. The monoisotopic (exact) mass is 274 g/mol. The Morgan fingerprint density at radius 2 is 2.11 bits per heavy atom. The fourth-order valence-electron chi connectivity index (χ4n) is 2.01. The molecular formula is C14H8ClFN2O. The fourth-order valence-corrected chi connectivity index (χ4v) is 2.18. The van der Waals surface area contributed by atoms with Gasteiger partial charge in [0.1, 0.15) is 17.3 Å². The molecule has 0 amide bonds. The normalized spacial score (nSPS) is 10.8. The first kappa shape index (κ1) is 11.9. The molecule has 0 aliphatic heterocycles. The van der Waals surface area contributed by atoms with Crippen LogP contribution in [0.15, 0.2) is 42.6 Å². The van der Waals surface area contributed by atoms with Gasteiger partial charge in [-0.1, -0.05) is 17.7 Å². The lowest BCUT2D eigenvalue weighted by molar-refractivity contribution is 0.112. The van der Waals surface area contributed by atoms with Gasteiger partial charge in [-0.25, -0.2) is 9.37 Å². The zero-order valence-corrected chi connectivity index (χ0v) is 10.4. The number of hydrogen-bond acceptors (Lipinski definition) is 2. The van der Waals surface area contributed by atoms with Crippen molar-refractivity contribution in [3.8, 4) is 11.4 Å². The third kappa shape index (κ3) is 1.90. The highest BCUT2D eigenvalue weighted by Gasteiger charge is 2.15. The zero-order valence-electron chi connectivity index (χ0n) is 9.68. The lowest BCUT2D eigenvalue weighted by Gasteiger charge is -2.03. The Bertz CT molecular complexity index is 782. The van der Waals surface area contributed by atoms with Crippen molar-refractivity contribution in [3.05, 3.63) is 59.1 Å². The van der Waals surface area contributed by atoms with Crippen LogP contribution in [0.5, 0.6) is 0 Å². The maximum atomic E-state index is 13.9. The third-order valence-corrected chi connectivity index (χ3v) is 3.09. The molecule has 0 aliphatic carbocycles. The summed E-state index contributed by atoms with van der Waals surface area (Å²) in [5, 5.41) is 0.414. The summed E-state index contributed by atoms with van der Waals surface area (Å²) in [6, 6.07) is 9.58. The number of carbonyl (C=O) groups is 1. The van der Waals surface area contributed by atoms with Gasteiger partial charge in [0, 0.05) is 11.2 Å². The summed E-state index contributed by atoms with van der Waals surface area (Å²) in [6.07, 6.45) is 2.38. The number of pyridine rings is 1. The Labute approximate surface area is 113 Å². The molecule has 2 heterocycles. The van der Waals surface area contributed by atoms with Crippen LogP contribution in [-0.4, -0.2) is 15.7 Å². The number of carbonyl (C=O) groups excluding carboxylic acids is 1. The Morgan fingerprint density at radius 3 is 2.89 bits per heavy atom. The maximum Gasteiger partial charge on any atom is 0.170 e. The second-order valence-electron chi connectivity index (χ2n) is 4.02. The lowest BCUT2D eigenvalue weighted by atomic mass is 10.2. The Kier molecular flexibility index (Phi) is 2.80. The van der Waals surface area contributed by atoms with Crippen LogP contribution in [-0.2, 0) is 0 Å². The minimum atomic E-state index is -0.433. The first-order valence-electron chi connectivity index (χ1n) is 5.58. The van der Waals surface area contributed by atoms with Gasteiger partial charge in [-0.15, -0.1) is 0 Å². The first-order valence-corrected chi connectivity index (χ1v) is 5.96. The summed E-state index contributed by atoms with van der Waals surface area (Å²) in [5.41, 5.74) is 1.17. The molecular weight excluding hydrogens is 267 g/mol. The molecule has 5 heteroatoms. The van der Waals surface area contributed by atoms with E-state index in [4.69, 9.17) is 11.6 Å². The van der Waals surface area contributed by atoms with E-state index in [2.05, 4.69) is 4.98 Å². The van der Waals surface area contributed by atoms with E-state index in [1.807, 2.05) is 0 Å². The number of halogens is 2. The van der Waals surface area contributed by atoms with Gasteiger partial charge in [-0.05, 0) is 30.3 Å². The Balaban J connectivity index is 2.36. The molecule has 0 saturated carbocycles. The van der Waals surface area contributed by atoms with Gasteiger partial charge in [-0.3, -0.25) is 9.20 Å². The number of aldehydes is 1. The minimum Gasteiger partial charge on any atom is -0.299 e. The van der Waals surface area contributed by atoms with Crippen LogP contribution in [0.4, 0.5) is 4.39 Å². The molecule has 0 bridgehead atoms. The SMILES string of the molecule is O=Cc1nc(-c2cc(Cl)ccc2F)n2ccccc12. The second kappa shape index (κ2) is 4.48. The minimum absolute atomic E-state index is 0.266. The highest BCUT2D eigenvalue weighted by Crippen LogP contribution is 2.27. The van der Waals surface area contributed by atoms with Crippen LogP contribution in [0.3, 0.4) is 0 Å². The van der Waals surface area contributed by atoms with Crippen molar-refractivity contribution in [2.45, 2.75) is 0 Å². The molecule has 2 aromatic heterocycles. The van der Waals surface area contributed by atoms with Crippen LogP contribution in [0.2, 0.25) is 5.02 Å². The number of nitrogens with zero attached hydrogens (tertiary/aromatic N) is 2. The van der Waals surface area contributed by atoms with E-state index >= 15 is 0 Å². The molecule has 3 rings (SSSR count). The number of aromatic nitrogens is 2. The largest absolute Gasteiger partial charge is 0.299 e. The summed E-state index contributed by atoms with van der Waals surface area (Å²) in [7, 11) is 0. The fraction of sp³-hybridized carbons (Fsp3) is 0. The highest BCUT2D eigenvalue weighted by molar-refractivity contribution is 6.30. The van der Waals surface area contributed by atoms with E-state index < -0.39 is 5.82 Å². The molecule has 0 saturated heterocycles. The quantitative estimate of drug-likeness (QED) is 0.669. The van der Waals surface area contributed by atoms with Gasteiger partial charge in [0.05, 0.1) is 11.1 Å². The molecule has 0 unspecified atom stereocenters. The van der Waals surface area contributed by atoms with Crippen LogP contribution < -0.4 is 0 Å². The Hall–Kier alpha value is -2.20. The standard InChI is InChI=1S/C14H8ClFN2O/c15-9-4-5-11(16)10(7-9)14-17-12(8-19)13-3-1-2-6-18(13)14/h1-8H. The van der Waals surface area contributed by atoms with Crippen molar-refractivity contribution in [1.82, 2.24) is 9.38 Å². The van der Waals surface area contributed by atoms with E-state index in [1.165, 1.54) is 18.2 Å². The predicted molar refractivity (Wildman–Crippen MR) is 71.0 cm³/mol. The number of fused-ring (bicyclic) bond motifs is 1. The number of benzene rings is 1. The van der Waals surface area contributed by atoms with Crippen LogP contribution in [0.1, 0.15) is 10.5 Å². The van der Waals surface area contributed by atoms with E-state index in [0.29, 0.717) is 22.6 Å². The molecule has 0 N–H and O–H groups in total. The molecule has 3 nitrogen and oxygen atoms in total. The molecule has 94 valence electrons. The third-order valence-electron chi connectivity index (χ3n) is 2.86. The van der Waals surface area contributed by atoms with Gasteiger partial charge in [0.2, 0.25) is 0 Å². The maximum absolute atomic E-state index is 13.9. The van der Waals surface area contributed by atoms with E-state index in [9.17, 15) is 9.18 Å². The summed E-state index contributed by atoms with van der Waals surface area (Å²) in [4.78, 5) is 15.2. The molecule has 0 aliphatic rings. The van der Waals surface area contributed by atoms with Crippen molar-refractivity contribution < 1.29 is 9.18 Å². The molecule has 0 fully saturated rings. The topological polar surface area (TPSA) is 34.4 Å². The molecule has 3 aromatic rings. The van der Waals surface area contributed by atoms with Crippen molar-refractivity contribution >= 4 is 23.4 Å². The van der Waals surface area contributed by atoms with Gasteiger partial charge in [0.15, 0.2) is 6.29 Å².